The summed E-state index contributed by atoms with van der Waals surface area (Å²) in [6.07, 6.45) is 3.61. The molecule has 0 spiro atoms. The fourth-order valence-electron chi connectivity index (χ4n) is 6.10. The first-order valence-corrected chi connectivity index (χ1v) is 15.0. The monoisotopic (exact) mass is 572 g/mol. The molecular weight excluding hydrogens is 536 g/mol. The molecule has 7 nitrogen and oxygen atoms in total. The average molecular weight is 573 g/mol. The molecule has 0 saturated carbocycles. The Hall–Kier alpha value is -4.91. The van der Waals surface area contributed by atoms with Gasteiger partial charge in [0.15, 0.2) is 0 Å². The van der Waals surface area contributed by atoms with Crippen molar-refractivity contribution in [3.8, 4) is 16.8 Å². The molecule has 0 aliphatic carbocycles. The number of hydrogen-bond donors (Lipinski definition) is 1. The molecule has 0 atom stereocenters. The van der Waals surface area contributed by atoms with Crippen molar-refractivity contribution in [2.24, 2.45) is 0 Å². The minimum absolute atomic E-state index is 0.0108. The van der Waals surface area contributed by atoms with Crippen molar-refractivity contribution in [2.45, 2.75) is 46.1 Å². The van der Waals surface area contributed by atoms with Crippen LogP contribution in [0.3, 0.4) is 0 Å². The third-order valence-electron chi connectivity index (χ3n) is 8.28. The molecule has 5 aromatic rings. The normalized spacial score (nSPS) is 13.6. The highest BCUT2D eigenvalue weighted by Crippen LogP contribution is 2.34. The Labute approximate surface area is 252 Å². The van der Waals surface area contributed by atoms with Crippen molar-refractivity contribution in [2.75, 3.05) is 18.0 Å². The molecule has 7 heteroatoms. The van der Waals surface area contributed by atoms with Crippen molar-refractivity contribution in [3.05, 3.63) is 114 Å². The number of carbonyl (C=O) groups excluding carboxylic acids is 1. The number of hydrogen-bond acceptors (Lipinski definition) is 3. The number of benzene rings is 4. The Morgan fingerprint density at radius 3 is 2.40 bits per heavy atom. The van der Waals surface area contributed by atoms with Crippen molar-refractivity contribution in [1.82, 2.24) is 14.5 Å². The van der Waals surface area contributed by atoms with Crippen LogP contribution in [0.15, 0.2) is 91.0 Å². The predicted octanol–water partition coefficient (Wildman–Crippen LogP) is 7.87. The maximum atomic E-state index is 13.7. The van der Waals surface area contributed by atoms with Gasteiger partial charge in [0.25, 0.3) is 0 Å². The van der Waals surface area contributed by atoms with E-state index in [-0.39, 0.29) is 11.6 Å². The summed E-state index contributed by atoms with van der Waals surface area (Å²) in [6.45, 7) is 5.95. The maximum Gasteiger partial charge on any atom is 0.336 e. The number of amides is 2. The summed E-state index contributed by atoms with van der Waals surface area (Å²) in [6, 6.07) is 29.6. The van der Waals surface area contributed by atoms with Crippen LogP contribution in [0.5, 0.6) is 0 Å². The zero-order chi connectivity index (χ0) is 29.9. The second kappa shape index (κ2) is 12.1. The molecule has 43 heavy (non-hydrogen) atoms. The van der Waals surface area contributed by atoms with E-state index in [0.717, 1.165) is 71.6 Å². The number of carbonyl (C=O) groups is 2. The zero-order valence-corrected chi connectivity index (χ0v) is 24.7. The van der Waals surface area contributed by atoms with Crippen molar-refractivity contribution in [3.63, 3.8) is 0 Å². The van der Waals surface area contributed by atoms with E-state index in [2.05, 4.69) is 11.5 Å². The van der Waals surface area contributed by atoms with Gasteiger partial charge in [0.1, 0.15) is 5.82 Å². The molecule has 1 aliphatic heterocycles. The van der Waals surface area contributed by atoms with Gasteiger partial charge in [0.05, 0.1) is 22.3 Å². The van der Waals surface area contributed by atoms with E-state index in [4.69, 9.17) is 4.98 Å². The third-order valence-corrected chi connectivity index (χ3v) is 8.28. The lowest BCUT2D eigenvalue weighted by Gasteiger charge is -2.35. The Balaban J connectivity index is 1.45. The Kier molecular flexibility index (Phi) is 7.97. The summed E-state index contributed by atoms with van der Waals surface area (Å²) in [5.74, 6) is -0.0765. The van der Waals surface area contributed by atoms with Gasteiger partial charge in [0.2, 0.25) is 0 Å². The average Bonchev–Trinajstić information content (AvgIpc) is 3.39. The van der Waals surface area contributed by atoms with Gasteiger partial charge in [-0.25, -0.2) is 14.6 Å². The van der Waals surface area contributed by atoms with Crippen LogP contribution in [0, 0.1) is 6.92 Å². The van der Waals surface area contributed by atoms with Gasteiger partial charge in [-0.05, 0) is 66.3 Å². The number of urea groups is 1. The number of fused-ring (bicyclic) bond motifs is 1. The minimum Gasteiger partial charge on any atom is -0.478 e. The number of aromatic carboxylic acids is 1. The highest BCUT2D eigenvalue weighted by atomic mass is 16.4. The molecular formula is C36H36N4O3. The predicted molar refractivity (Wildman–Crippen MR) is 171 cm³/mol. The molecule has 2 amide bonds. The van der Waals surface area contributed by atoms with Crippen LogP contribution in [0.4, 0.5) is 10.5 Å². The molecule has 1 N–H and O–H groups in total. The second-order valence-electron chi connectivity index (χ2n) is 11.1. The first-order chi connectivity index (χ1) is 21.0. The van der Waals surface area contributed by atoms with E-state index < -0.39 is 5.97 Å². The van der Waals surface area contributed by atoms with E-state index >= 15 is 0 Å². The molecule has 6 rings (SSSR count). The van der Waals surface area contributed by atoms with Crippen LogP contribution in [-0.2, 0) is 13.0 Å². The lowest BCUT2D eigenvalue weighted by Crippen LogP contribution is -2.49. The Bertz CT molecular complexity index is 1780. The standard InChI is InChI=1S/C36H36N4O3/c1-3-4-16-33-37-30-19-17-28(39-22-11-21-38(36(39)43)24-26-12-7-5-8-13-26)23-32(30)40(33)31-20-18-29(27-14-9-6-10-15-27)34(25(31)2)35(41)42/h5-10,12-15,17-20,23H,3-4,11,16,21-22,24H2,1-2H3,(H,41,42). The molecule has 218 valence electrons. The number of anilines is 1. The molecule has 1 saturated heterocycles. The summed E-state index contributed by atoms with van der Waals surface area (Å²) in [5, 5.41) is 10.4. The largest absolute Gasteiger partial charge is 0.478 e. The van der Waals surface area contributed by atoms with Crippen LogP contribution in [0.2, 0.25) is 0 Å². The number of aryl methyl sites for hydroxylation is 1. The van der Waals surface area contributed by atoms with Crippen LogP contribution in [0.25, 0.3) is 27.8 Å². The molecule has 1 aliphatic rings. The number of carboxylic acid groups (broad SMARTS) is 1. The van der Waals surface area contributed by atoms with Gasteiger partial charge >= 0.3 is 12.0 Å². The first-order valence-electron chi connectivity index (χ1n) is 15.0. The van der Waals surface area contributed by atoms with E-state index in [0.29, 0.717) is 24.2 Å². The van der Waals surface area contributed by atoms with E-state index in [1.165, 1.54) is 0 Å². The summed E-state index contributed by atoms with van der Waals surface area (Å²) >= 11 is 0. The Morgan fingerprint density at radius 1 is 0.930 bits per heavy atom. The number of imidazole rings is 1. The number of aromatic nitrogens is 2. The fraction of sp³-hybridized carbons (Fsp3) is 0.250. The van der Waals surface area contributed by atoms with Crippen LogP contribution < -0.4 is 4.90 Å². The third kappa shape index (κ3) is 5.50. The second-order valence-corrected chi connectivity index (χ2v) is 11.1. The first kappa shape index (κ1) is 28.2. The van der Waals surface area contributed by atoms with Gasteiger partial charge in [-0.2, -0.15) is 0 Å². The lowest BCUT2D eigenvalue weighted by molar-refractivity contribution is 0.0697. The molecule has 1 aromatic heterocycles. The minimum atomic E-state index is -0.962. The maximum absolute atomic E-state index is 13.7. The van der Waals surface area contributed by atoms with Gasteiger partial charge < -0.3 is 10.0 Å². The van der Waals surface area contributed by atoms with Gasteiger partial charge in [0, 0.05) is 31.7 Å². The number of unbranched alkanes of at least 4 members (excludes halogenated alkanes) is 1. The van der Waals surface area contributed by atoms with E-state index in [1.54, 1.807) is 0 Å². The smallest absolute Gasteiger partial charge is 0.336 e. The molecule has 0 radical (unpaired) electrons. The fourth-order valence-corrected chi connectivity index (χ4v) is 6.10. The molecule has 0 bridgehead atoms. The van der Waals surface area contributed by atoms with Gasteiger partial charge in [-0.1, -0.05) is 80.1 Å². The molecule has 4 aromatic carbocycles. The van der Waals surface area contributed by atoms with Gasteiger partial charge in [-0.3, -0.25) is 9.47 Å². The van der Waals surface area contributed by atoms with Crippen LogP contribution in [0.1, 0.15) is 53.5 Å². The highest BCUT2D eigenvalue weighted by molar-refractivity contribution is 5.99. The summed E-state index contributed by atoms with van der Waals surface area (Å²) in [7, 11) is 0. The quantitative estimate of drug-likeness (QED) is 0.195. The van der Waals surface area contributed by atoms with Gasteiger partial charge in [-0.15, -0.1) is 0 Å². The number of nitrogens with zero attached hydrogens (tertiary/aromatic N) is 4. The topological polar surface area (TPSA) is 78.7 Å². The van der Waals surface area contributed by atoms with E-state index in [1.807, 2.05) is 108 Å². The van der Waals surface area contributed by atoms with Crippen molar-refractivity contribution in [1.29, 1.82) is 0 Å². The lowest BCUT2D eigenvalue weighted by atomic mass is 9.94. The number of rotatable bonds is 9. The highest BCUT2D eigenvalue weighted by Gasteiger charge is 2.28. The summed E-state index contributed by atoms with van der Waals surface area (Å²) in [5.41, 5.74) is 6.91. The summed E-state index contributed by atoms with van der Waals surface area (Å²) < 4.78 is 2.10. The van der Waals surface area contributed by atoms with Crippen molar-refractivity contribution < 1.29 is 14.7 Å². The Morgan fingerprint density at radius 2 is 1.67 bits per heavy atom. The molecule has 0 unspecified atom stereocenters. The van der Waals surface area contributed by atoms with Crippen LogP contribution in [-0.4, -0.2) is 44.6 Å². The van der Waals surface area contributed by atoms with E-state index in [9.17, 15) is 14.7 Å². The summed E-state index contributed by atoms with van der Waals surface area (Å²) in [4.78, 5) is 35.1. The number of carboxylic acids is 1. The molecule has 1 fully saturated rings. The van der Waals surface area contributed by atoms with Crippen LogP contribution >= 0.6 is 0 Å². The molecule has 2 heterocycles. The zero-order valence-electron chi connectivity index (χ0n) is 24.7. The van der Waals surface area contributed by atoms with Crippen molar-refractivity contribution >= 4 is 28.7 Å². The SMILES string of the molecule is CCCCc1nc2ccc(N3CCCN(Cc4ccccc4)C3=O)cc2n1-c1ccc(-c2ccccc2)c(C(=O)O)c1C.